The molecule has 0 aliphatic carbocycles. The van der Waals surface area contributed by atoms with Gasteiger partial charge in [0.25, 0.3) is 0 Å². The fraction of sp³-hybridized carbons (Fsp3) is 0.818. The zero-order chi connectivity index (χ0) is 11.7. The first-order valence-corrected chi connectivity index (χ1v) is 4.97. The lowest BCUT2D eigenvalue weighted by atomic mass is 10.2. The lowest BCUT2D eigenvalue weighted by Gasteiger charge is -2.21. The van der Waals surface area contributed by atoms with Crippen molar-refractivity contribution < 1.29 is 18.9 Å². The summed E-state index contributed by atoms with van der Waals surface area (Å²) in [4.78, 5) is 0. The quantitative estimate of drug-likeness (QED) is 0.500. The van der Waals surface area contributed by atoms with Gasteiger partial charge in [-0.15, -0.1) is 0 Å². The predicted octanol–water partition coefficient (Wildman–Crippen LogP) is 1.75. The zero-order valence-corrected chi connectivity index (χ0v) is 10.1. The highest BCUT2D eigenvalue weighted by Crippen LogP contribution is 2.10. The van der Waals surface area contributed by atoms with Crippen LogP contribution in [-0.4, -0.2) is 33.4 Å². The summed E-state index contributed by atoms with van der Waals surface area (Å²) in [7, 11) is 4.37. The van der Waals surface area contributed by atoms with Crippen LogP contribution in [0.1, 0.15) is 26.7 Å². The Labute approximate surface area is 91.8 Å². The van der Waals surface area contributed by atoms with Gasteiger partial charge in [-0.25, -0.2) is 0 Å². The number of rotatable bonds is 6. The van der Waals surface area contributed by atoms with E-state index in [1.165, 1.54) is 21.3 Å². The van der Waals surface area contributed by atoms with Crippen molar-refractivity contribution in [2.45, 2.75) is 38.8 Å². The number of methoxy groups -OCH3 is 3. The molecule has 0 fully saturated rings. The Kier molecular flexibility index (Phi) is 7.14. The van der Waals surface area contributed by atoms with E-state index in [1.54, 1.807) is 0 Å². The molecule has 1 atom stereocenters. The van der Waals surface area contributed by atoms with Gasteiger partial charge in [0, 0.05) is 27.2 Å². The van der Waals surface area contributed by atoms with Gasteiger partial charge < -0.3 is 18.9 Å². The van der Waals surface area contributed by atoms with E-state index in [1.807, 2.05) is 6.92 Å². The Morgan fingerprint density at radius 1 is 1.13 bits per heavy atom. The molecule has 4 heteroatoms. The van der Waals surface area contributed by atoms with Crippen molar-refractivity contribution in [2.24, 2.45) is 0 Å². The maximum absolute atomic E-state index is 5.24. The van der Waals surface area contributed by atoms with Crippen molar-refractivity contribution in [3.8, 4) is 12.0 Å². The number of hydrogen-bond donors (Lipinski definition) is 0. The standard InChI is InChI=1S/C11H20O4/c1-6-7-10(2)15-9-8-11(12-3,13-4)14-5/h10H,6-7H2,1-5H3. The lowest BCUT2D eigenvalue weighted by Crippen LogP contribution is -2.34. The maximum atomic E-state index is 5.24. The summed E-state index contributed by atoms with van der Waals surface area (Å²) in [5, 5.41) is 0. The van der Waals surface area contributed by atoms with Gasteiger partial charge >= 0.3 is 5.97 Å². The van der Waals surface area contributed by atoms with Crippen LogP contribution < -0.4 is 0 Å². The van der Waals surface area contributed by atoms with E-state index in [0.29, 0.717) is 0 Å². The predicted molar refractivity (Wildman–Crippen MR) is 57.0 cm³/mol. The molecule has 0 amide bonds. The largest absolute Gasteiger partial charge is 0.443 e. The normalized spacial score (nSPS) is 12.9. The SMILES string of the molecule is CCCC(C)OC#CC(OC)(OC)OC. The van der Waals surface area contributed by atoms with Crippen LogP contribution in [0.4, 0.5) is 0 Å². The van der Waals surface area contributed by atoms with E-state index in [9.17, 15) is 0 Å². The van der Waals surface area contributed by atoms with E-state index < -0.39 is 5.97 Å². The molecule has 4 nitrogen and oxygen atoms in total. The van der Waals surface area contributed by atoms with E-state index in [2.05, 4.69) is 19.0 Å². The fourth-order valence-electron chi connectivity index (χ4n) is 1.06. The van der Waals surface area contributed by atoms with Gasteiger partial charge in [0.2, 0.25) is 0 Å². The van der Waals surface area contributed by atoms with Gasteiger partial charge in [-0.05, 0) is 13.3 Å². The minimum atomic E-state index is -1.33. The Hall–Kier alpha value is -0.760. The third-order valence-corrected chi connectivity index (χ3v) is 1.97. The first-order valence-electron chi connectivity index (χ1n) is 4.97. The van der Waals surface area contributed by atoms with Gasteiger partial charge in [-0.1, -0.05) is 13.3 Å². The molecule has 0 saturated heterocycles. The molecule has 15 heavy (non-hydrogen) atoms. The highest BCUT2D eigenvalue weighted by Gasteiger charge is 2.27. The lowest BCUT2D eigenvalue weighted by molar-refractivity contribution is -0.311. The first-order chi connectivity index (χ1) is 7.14. The third-order valence-electron chi connectivity index (χ3n) is 1.97. The second-order valence-electron chi connectivity index (χ2n) is 3.11. The van der Waals surface area contributed by atoms with Gasteiger partial charge in [0.1, 0.15) is 12.2 Å². The topological polar surface area (TPSA) is 36.9 Å². The fourth-order valence-corrected chi connectivity index (χ4v) is 1.06. The molecular weight excluding hydrogens is 196 g/mol. The molecule has 0 aliphatic rings. The van der Waals surface area contributed by atoms with Crippen LogP contribution in [0.15, 0.2) is 0 Å². The van der Waals surface area contributed by atoms with Gasteiger partial charge in [0.15, 0.2) is 0 Å². The smallest absolute Gasteiger partial charge is 0.355 e. The molecule has 0 aliphatic heterocycles. The Morgan fingerprint density at radius 2 is 1.67 bits per heavy atom. The molecule has 0 spiro atoms. The van der Waals surface area contributed by atoms with Gasteiger partial charge in [-0.3, -0.25) is 0 Å². The molecule has 88 valence electrons. The van der Waals surface area contributed by atoms with Crippen LogP contribution in [0.2, 0.25) is 0 Å². The second kappa shape index (κ2) is 7.52. The molecule has 0 N–H and O–H groups in total. The van der Waals surface area contributed by atoms with Crippen LogP contribution in [0, 0.1) is 12.0 Å². The van der Waals surface area contributed by atoms with Crippen LogP contribution in [-0.2, 0) is 18.9 Å². The summed E-state index contributed by atoms with van der Waals surface area (Å²) in [6.07, 6.45) is 4.67. The van der Waals surface area contributed by atoms with Crippen LogP contribution >= 0.6 is 0 Å². The molecule has 0 heterocycles. The molecule has 0 bridgehead atoms. The second-order valence-corrected chi connectivity index (χ2v) is 3.11. The average molecular weight is 216 g/mol. The summed E-state index contributed by atoms with van der Waals surface area (Å²) < 4.78 is 20.2. The van der Waals surface area contributed by atoms with Gasteiger partial charge in [0.05, 0.1) is 0 Å². The monoisotopic (exact) mass is 216 g/mol. The van der Waals surface area contributed by atoms with Crippen molar-refractivity contribution in [1.29, 1.82) is 0 Å². The molecule has 0 aromatic rings. The molecular formula is C11H20O4. The number of ether oxygens (including phenoxy) is 4. The van der Waals surface area contributed by atoms with Crippen LogP contribution in [0.3, 0.4) is 0 Å². The Bertz CT molecular complexity index is 204. The third kappa shape index (κ3) is 5.03. The maximum Gasteiger partial charge on any atom is 0.355 e. The highest BCUT2D eigenvalue weighted by atomic mass is 16.9. The Balaban J connectivity index is 4.22. The molecule has 0 aromatic heterocycles. The van der Waals surface area contributed by atoms with Crippen molar-refractivity contribution >= 4 is 0 Å². The minimum Gasteiger partial charge on any atom is -0.443 e. The van der Waals surface area contributed by atoms with E-state index in [4.69, 9.17) is 18.9 Å². The van der Waals surface area contributed by atoms with Crippen molar-refractivity contribution in [1.82, 2.24) is 0 Å². The molecule has 0 saturated carbocycles. The highest BCUT2D eigenvalue weighted by molar-refractivity contribution is 5.01. The molecule has 0 rings (SSSR count). The molecule has 1 unspecified atom stereocenters. The summed E-state index contributed by atoms with van der Waals surface area (Å²) in [5.74, 6) is 1.31. The minimum absolute atomic E-state index is 0.103. The first kappa shape index (κ1) is 14.2. The van der Waals surface area contributed by atoms with E-state index in [-0.39, 0.29) is 6.10 Å². The van der Waals surface area contributed by atoms with E-state index >= 15 is 0 Å². The van der Waals surface area contributed by atoms with Crippen LogP contribution in [0.5, 0.6) is 0 Å². The molecule has 0 aromatic carbocycles. The average Bonchev–Trinajstić information content (AvgIpc) is 2.25. The summed E-state index contributed by atoms with van der Waals surface area (Å²) in [6, 6.07) is 0. The van der Waals surface area contributed by atoms with E-state index in [0.717, 1.165) is 12.8 Å². The van der Waals surface area contributed by atoms with Crippen molar-refractivity contribution in [3.63, 3.8) is 0 Å². The van der Waals surface area contributed by atoms with Crippen LogP contribution in [0.25, 0.3) is 0 Å². The molecule has 0 radical (unpaired) electrons. The van der Waals surface area contributed by atoms with Crippen molar-refractivity contribution in [3.05, 3.63) is 0 Å². The summed E-state index contributed by atoms with van der Waals surface area (Å²) in [5.41, 5.74) is 0. The summed E-state index contributed by atoms with van der Waals surface area (Å²) in [6.45, 7) is 4.06. The van der Waals surface area contributed by atoms with Crippen molar-refractivity contribution in [2.75, 3.05) is 21.3 Å². The summed E-state index contributed by atoms with van der Waals surface area (Å²) >= 11 is 0. The number of hydrogen-bond acceptors (Lipinski definition) is 4. The van der Waals surface area contributed by atoms with Gasteiger partial charge in [-0.2, -0.15) is 0 Å². The Morgan fingerprint density at radius 3 is 2.07 bits per heavy atom. The zero-order valence-electron chi connectivity index (χ0n) is 10.1.